The van der Waals surface area contributed by atoms with Crippen LogP contribution in [-0.4, -0.2) is 11.8 Å². The fraction of sp³-hybridized carbons (Fsp3) is 0.231. The molecule has 1 atom stereocenters. The van der Waals surface area contributed by atoms with E-state index in [9.17, 15) is 9.59 Å². The second kappa shape index (κ2) is 4.59. The van der Waals surface area contributed by atoms with Gasteiger partial charge in [-0.3, -0.25) is 9.59 Å². The average molecular weight is 282 g/mol. The lowest BCUT2D eigenvalue weighted by atomic mass is 9.92. The van der Waals surface area contributed by atoms with Crippen LogP contribution in [0.5, 0.6) is 0 Å². The van der Waals surface area contributed by atoms with Crippen LogP contribution in [0.25, 0.3) is 0 Å². The first-order valence-corrected chi connectivity index (χ1v) is 5.90. The molecule has 0 aliphatic carbocycles. The van der Waals surface area contributed by atoms with E-state index in [1.165, 1.54) is 6.92 Å². The molecule has 0 aromatic heterocycles. The first kappa shape index (κ1) is 13.4. The maximum Gasteiger partial charge on any atom is 0.308 e. The Bertz CT molecular complexity index is 579. The standard InChI is InChI=1S/C13H12ClNO4/c1-7(16)18-10-11(17)13(2,19-12(10)15)8-3-5-9(14)6-4-8/h3-6H,15H2,1-2H3. The summed E-state index contributed by atoms with van der Waals surface area (Å²) in [5.74, 6) is -1.58. The van der Waals surface area contributed by atoms with E-state index < -0.39 is 17.4 Å². The van der Waals surface area contributed by atoms with Gasteiger partial charge in [0.1, 0.15) is 0 Å². The van der Waals surface area contributed by atoms with Gasteiger partial charge in [0.05, 0.1) is 0 Å². The molecule has 2 rings (SSSR count). The third kappa shape index (κ3) is 2.29. The molecule has 0 saturated carbocycles. The third-order valence-electron chi connectivity index (χ3n) is 2.82. The largest absolute Gasteiger partial charge is 0.457 e. The Hall–Kier alpha value is -2.01. The van der Waals surface area contributed by atoms with Crippen molar-refractivity contribution in [2.75, 3.05) is 0 Å². The molecule has 0 amide bonds. The van der Waals surface area contributed by atoms with Crippen molar-refractivity contribution in [1.82, 2.24) is 0 Å². The Morgan fingerprint density at radius 3 is 2.47 bits per heavy atom. The van der Waals surface area contributed by atoms with Gasteiger partial charge in [0.25, 0.3) is 5.78 Å². The summed E-state index contributed by atoms with van der Waals surface area (Å²) in [4.78, 5) is 23.2. The molecule has 1 aliphatic heterocycles. The Labute approximate surface area is 114 Å². The number of carbonyl (C=O) groups excluding carboxylic acids is 2. The summed E-state index contributed by atoms with van der Waals surface area (Å²) in [6.07, 6.45) is 0. The number of nitrogens with two attached hydrogens (primary N) is 1. The molecule has 0 fully saturated rings. The van der Waals surface area contributed by atoms with E-state index in [4.69, 9.17) is 26.8 Å². The minimum atomic E-state index is -1.31. The van der Waals surface area contributed by atoms with Gasteiger partial charge < -0.3 is 15.2 Å². The van der Waals surface area contributed by atoms with Crippen LogP contribution in [0.3, 0.4) is 0 Å². The zero-order valence-corrected chi connectivity index (χ0v) is 11.2. The molecule has 1 aromatic carbocycles. The lowest BCUT2D eigenvalue weighted by Crippen LogP contribution is -2.31. The zero-order chi connectivity index (χ0) is 14.2. The van der Waals surface area contributed by atoms with Crippen LogP contribution >= 0.6 is 11.6 Å². The van der Waals surface area contributed by atoms with Crippen LogP contribution in [-0.2, 0) is 24.7 Å². The Balaban J connectivity index is 2.36. The van der Waals surface area contributed by atoms with E-state index in [0.29, 0.717) is 10.6 Å². The van der Waals surface area contributed by atoms with Gasteiger partial charge in [0, 0.05) is 17.5 Å². The number of benzene rings is 1. The van der Waals surface area contributed by atoms with Crippen molar-refractivity contribution in [3.63, 3.8) is 0 Å². The number of ether oxygens (including phenoxy) is 2. The normalized spacial score (nSPS) is 22.4. The number of rotatable bonds is 2. The number of esters is 1. The molecule has 5 nitrogen and oxygen atoms in total. The van der Waals surface area contributed by atoms with Gasteiger partial charge in [-0.2, -0.15) is 0 Å². The Kier molecular flexibility index (Phi) is 3.24. The monoisotopic (exact) mass is 281 g/mol. The summed E-state index contributed by atoms with van der Waals surface area (Å²) < 4.78 is 10.2. The molecule has 2 N–H and O–H groups in total. The first-order valence-electron chi connectivity index (χ1n) is 5.52. The molecular formula is C13H12ClNO4. The molecule has 1 unspecified atom stereocenters. The van der Waals surface area contributed by atoms with Crippen LogP contribution in [0.4, 0.5) is 0 Å². The van der Waals surface area contributed by atoms with Gasteiger partial charge in [0.2, 0.25) is 11.6 Å². The average Bonchev–Trinajstić information content (AvgIpc) is 2.54. The van der Waals surface area contributed by atoms with Gasteiger partial charge in [-0.1, -0.05) is 23.7 Å². The molecule has 0 bridgehead atoms. The quantitative estimate of drug-likeness (QED) is 0.837. The molecule has 19 heavy (non-hydrogen) atoms. The highest BCUT2D eigenvalue weighted by molar-refractivity contribution is 6.30. The molecule has 6 heteroatoms. The van der Waals surface area contributed by atoms with Crippen LogP contribution in [0.2, 0.25) is 5.02 Å². The SMILES string of the molecule is CC(=O)OC1=C(N)OC(C)(c2ccc(Cl)cc2)C1=O. The number of Topliss-reactive ketones (excluding diaryl/α,β-unsaturated/α-hetero) is 1. The van der Waals surface area contributed by atoms with Crippen molar-refractivity contribution < 1.29 is 19.1 Å². The number of halogens is 1. The number of carbonyl (C=O) groups is 2. The van der Waals surface area contributed by atoms with E-state index in [1.54, 1.807) is 31.2 Å². The van der Waals surface area contributed by atoms with Crippen LogP contribution < -0.4 is 5.73 Å². The van der Waals surface area contributed by atoms with E-state index in [0.717, 1.165) is 0 Å². The summed E-state index contributed by atoms with van der Waals surface area (Å²) in [6.45, 7) is 2.74. The predicted molar refractivity (Wildman–Crippen MR) is 67.9 cm³/mol. The van der Waals surface area contributed by atoms with Crippen LogP contribution in [0, 0.1) is 0 Å². The molecule has 0 saturated heterocycles. The van der Waals surface area contributed by atoms with E-state index in [-0.39, 0.29) is 11.6 Å². The zero-order valence-electron chi connectivity index (χ0n) is 10.4. The summed E-state index contributed by atoms with van der Waals surface area (Å²) in [7, 11) is 0. The Morgan fingerprint density at radius 1 is 1.37 bits per heavy atom. The molecular weight excluding hydrogens is 270 g/mol. The molecule has 1 heterocycles. The summed E-state index contributed by atoms with van der Waals surface area (Å²) in [6, 6.07) is 6.59. The van der Waals surface area contributed by atoms with Gasteiger partial charge in [-0.15, -0.1) is 0 Å². The van der Waals surface area contributed by atoms with Crippen LogP contribution in [0.1, 0.15) is 19.4 Å². The van der Waals surface area contributed by atoms with Gasteiger partial charge in [-0.25, -0.2) is 0 Å². The van der Waals surface area contributed by atoms with Crippen molar-refractivity contribution in [1.29, 1.82) is 0 Å². The minimum absolute atomic E-state index is 0.197. The van der Waals surface area contributed by atoms with E-state index in [1.807, 2.05) is 0 Å². The van der Waals surface area contributed by atoms with Gasteiger partial charge in [0.15, 0.2) is 5.60 Å². The van der Waals surface area contributed by atoms with Crippen molar-refractivity contribution in [2.45, 2.75) is 19.4 Å². The summed E-state index contributed by atoms with van der Waals surface area (Å²) in [5.41, 5.74) is 4.86. The van der Waals surface area contributed by atoms with Gasteiger partial charge in [-0.05, 0) is 19.1 Å². The lowest BCUT2D eigenvalue weighted by Gasteiger charge is -2.22. The fourth-order valence-electron chi connectivity index (χ4n) is 1.84. The number of hydrogen-bond donors (Lipinski definition) is 1. The highest BCUT2D eigenvalue weighted by Gasteiger charge is 2.48. The van der Waals surface area contributed by atoms with Crippen molar-refractivity contribution in [2.24, 2.45) is 5.73 Å². The topological polar surface area (TPSA) is 78.6 Å². The lowest BCUT2D eigenvalue weighted by molar-refractivity contribution is -0.142. The Morgan fingerprint density at radius 2 is 1.95 bits per heavy atom. The smallest absolute Gasteiger partial charge is 0.308 e. The highest BCUT2D eigenvalue weighted by Crippen LogP contribution is 2.37. The van der Waals surface area contributed by atoms with E-state index >= 15 is 0 Å². The molecule has 100 valence electrons. The van der Waals surface area contributed by atoms with Crippen LogP contribution in [0.15, 0.2) is 35.9 Å². The predicted octanol–water partition coefficient (Wildman–Crippen LogP) is 1.85. The fourth-order valence-corrected chi connectivity index (χ4v) is 1.97. The second-order valence-electron chi connectivity index (χ2n) is 4.26. The summed E-state index contributed by atoms with van der Waals surface area (Å²) in [5, 5.41) is 0.541. The minimum Gasteiger partial charge on any atom is -0.457 e. The molecule has 1 aliphatic rings. The van der Waals surface area contributed by atoms with Crippen molar-refractivity contribution in [3.8, 4) is 0 Å². The second-order valence-corrected chi connectivity index (χ2v) is 4.69. The van der Waals surface area contributed by atoms with Crippen molar-refractivity contribution >= 4 is 23.4 Å². The first-order chi connectivity index (χ1) is 8.84. The number of ketones is 1. The highest BCUT2D eigenvalue weighted by atomic mass is 35.5. The third-order valence-corrected chi connectivity index (χ3v) is 3.07. The van der Waals surface area contributed by atoms with Crippen molar-refractivity contribution in [3.05, 3.63) is 46.5 Å². The maximum absolute atomic E-state index is 12.3. The van der Waals surface area contributed by atoms with E-state index in [2.05, 4.69) is 0 Å². The molecule has 1 aromatic rings. The maximum atomic E-state index is 12.3. The molecule has 0 spiro atoms. The van der Waals surface area contributed by atoms with Gasteiger partial charge >= 0.3 is 5.97 Å². The number of hydrogen-bond acceptors (Lipinski definition) is 5. The summed E-state index contributed by atoms with van der Waals surface area (Å²) >= 11 is 5.80. The molecule has 0 radical (unpaired) electrons.